The number of aromatic nitrogens is 2. The average molecular weight is 485 g/mol. The van der Waals surface area contributed by atoms with Gasteiger partial charge in [-0.2, -0.15) is 5.10 Å². The van der Waals surface area contributed by atoms with E-state index in [0.717, 1.165) is 49.9 Å². The number of hydrogen-bond donors (Lipinski definition) is 0. The number of likely N-dealkylation sites (tertiary alicyclic amines) is 2. The first-order chi connectivity index (χ1) is 16.3. The molecule has 0 aliphatic carbocycles. The summed E-state index contributed by atoms with van der Waals surface area (Å²) in [5, 5.41) is 5.86. The molecule has 0 bridgehead atoms. The summed E-state index contributed by atoms with van der Waals surface area (Å²) >= 11 is 0. The Morgan fingerprint density at radius 2 is 1.82 bits per heavy atom. The van der Waals surface area contributed by atoms with Crippen LogP contribution in [0.3, 0.4) is 0 Å². The van der Waals surface area contributed by atoms with E-state index in [2.05, 4.69) is 54.7 Å². The number of hydrogen-bond acceptors (Lipinski definition) is 4. The number of fused-ring (bicyclic) bond motifs is 1. The van der Waals surface area contributed by atoms with E-state index in [-0.39, 0.29) is 0 Å². The average Bonchev–Trinajstić information content (AvgIpc) is 3.24. The zero-order valence-corrected chi connectivity index (χ0v) is 22.8. The summed E-state index contributed by atoms with van der Waals surface area (Å²) in [5.74, 6) is 0.307. The van der Waals surface area contributed by atoms with E-state index in [9.17, 15) is 4.79 Å². The summed E-state index contributed by atoms with van der Waals surface area (Å²) in [6, 6.07) is 6.25. The van der Waals surface area contributed by atoms with Crippen LogP contribution >= 0.6 is 0 Å². The largest absolute Gasteiger partial charge is 0.360 e. The Kier molecular flexibility index (Phi) is 8.48. The number of carbonyl (C=O) groups excluding carboxylic acids is 1. The minimum Gasteiger partial charge on any atom is -0.360 e. The number of ether oxygens (including phenoxy) is 1. The summed E-state index contributed by atoms with van der Waals surface area (Å²) in [5.41, 5.74) is 3.42. The number of nitrogens with zero attached hydrogens (tertiary/aromatic N) is 4. The molecule has 0 radical (unpaired) electrons. The van der Waals surface area contributed by atoms with Crippen molar-refractivity contribution in [3.8, 4) is 0 Å². The predicted molar refractivity (Wildman–Crippen MR) is 142 cm³/mol. The fourth-order valence-electron chi connectivity index (χ4n) is 5.36. The van der Waals surface area contributed by atoms with E-state index in [1.807, 2.05) is 4.68 Å². The van der Waals surface area contributed by atoms with Crippen molar-refractivity contribution in [1.82, 2.24) is 19.6 Å². The standard InChI is InChI=1S/C27H44N4O2Si/c1-22-18-23(19-24-20-31(28-27(22)24)21-33-16-17-34(2,3)4)8-9-26(32)30-14-10-25(11-15-30)29-12-6-5-7-13-29/h18-20,25H,5-17,21H2,1-4H3. The highest BCUT2D eigenvalue weighted by atomic mass is 28.3. The zero-order chi connectivity index (χ0) is 24.1. The van der Waals surface area contributed by atoms with Crippen molar-refractivity contribution in [1.29, 1.82) is 0 Å². The second kappa shape index (κ2) is 11.4. The van der Waals surface area contributed by atoms with Crippen LogP contribution in [-0.4, -0.2) is 72.4 Å². The van der Waals surface area contributed by atoms with Crippen molar-refractivity contribution in [2.45, 2.75) is 90.3 Å². The third kappa shape index (κ3) is 6.92. The molecule has 2 aromatic rings. The highest BCUT2D eigenvalue weighted by molar-refractivity contribution is 6.76. The van der Waals surface area contributed by atoms with Crippen LogP contribution in [0.5, 0.6) is 0 Å². The molecule has 0 N–H and O–H groups in total. The van der Waals surface area contributed by atoms with Gasteiger partial charge >= 0.3 is 0 Å². The molecule has 34 heavy (non-hydrogen) atoms. The second-order valence-electron chi connectivity index (χ2n) is 11.6. The number of carbonyl (C=O) groups is 1. The molecule has 1 amide bonds. The summed E-state index contributed by atoms with van der Waals surface area (Å²) < 4.78 is 7.78. The van der Waals surface area contributed by atoms with Gasteiger partial charge in [-0.15, -0.1) is 0 Å². The number of amides is 1. The van der Waals surface area contributed by atoms with Crippen molar-refractivity contribution >= 4 is 24.9 Å². The molecule has 2 fully saturated rings. The summed E-state index contributed by atoms with van der Waals surface area (Å²) in [6.45, 7) is 14.9. The van der Waals surface area contributed by atoms with Gasteiger partial charge in [0, 0.05) is 51.8 Å². The van der Waals surface area contributed by atoms with Crippen molar-refractivity contribution in [3.05, 3.63) is 29.5 Å². The Balaban J connectivity index is 1.26. The van der Waals surface area contributed by atoms with E-state index >= 15 is 0 Å². The molecule has 2 aliphatic heterocycles. The van der Waals surface area contributed by atoms with Crippen LogP contribution in [0.15, 0.2) is 18.3 Å². The van der Waals surface area contributed by atoms with Crippen molar-refractivity contribution in [2.75, 3.05) is 32.8 Å². The SMILES string of the molecule is Cc1cc(CCC(=O)N2CCC(N3CCCCC3)CC2)cc2cn(COCC[Si](C)(C)C)nc12. The number of benzene rings is 1. The van der Waals surface area contributed by atoms with Crippen molar-refractivity contribution in [2.24, 2.45) is 0 Å². The van der Waals surface area contributed by atoms with Crippen LogP contribution in [0.1, 0.15) is 49.7 Å². The van der Waals surface area contributed by atoms with Crippen LogP contribution in [0, 0.1) is 6.92 Å². The molecule has 0 atom stereocenters. The van der Waals surface area contributed by atoms with Gasteiger partial charge in [0.1, 0.15) is 6.73 Å². The van der Waals surface area contributed by atoms with Gasteiger partial charge in [-0.3, -0.25) is 4.79 Å². The van der Waals surface area contributed by atoms with Crippen LogP contribution in [-0.2, 0) is 22.7 Å². The maximum absolute atomic E-state index is 12.9. The maximum atomic E-state index is 12.9. The van der Waals surface area contributed by atoms with Gasteiger partial charge < -0.3 is 14.5 Å². The van der Waals surface area contributed by atoms with Crippen LogP contribution in [0.25, 0.3) is 10.9 Å². The molecule has 1 aromatic carbocycles. The molecule has 2 saturated heterocycles. The Bertz CT molecular complexity index is 953. The van der Waals surface area contributed by atoms with Crippen molar-refractivity contribution < 1.29 is 9.53 Å². The van der Waals surface area contributed by atoms with E-state index in [0.29, 0.717) is 25.1 Å². The summed E-state index contributed by atoms with van der Waals surface area (Å²) in [4.78, 5) is 17.7. The molecule has 3 heterocycles. The predicted octanol–water partition coefficient (Wildman–Crippen LogP) is 5.07. The Morgan fingerprint density at radius 3 is 2.53 bits per heavy atom. The third-order valence-electron chi connectivity index (χ3n) is 7.48. The zero-order valence-electron chi connectivity index (χ0n) is 21.8. The highest BCUT2D eigenvalue weighted by Gasteiger charge is 2.27. The topological polar surface area (TPSA) is 50.6 Å². The molecule has 4 rings (SSSR count). The highest BCUT2D eigenvalue weighted by Crippen LogP contribution is 2.23. The smallest absolute Gasteiger partial charge is 0.222 e. The second-order valence-corrected chi connectivity index (χ2v) is 17.2. The lowest BCUT2D eigenvalue weighted by Crippen LogP contribution is -2.48. The monoisotopic (exact) mass is 484 g/mol. The van der Waals surface area contributed by atoms with E-state index < -0.39 is 8.07 Å². The first kappa shape index (κ1) is 25.4. The number of piperidine rings is 2. The minimum absolute atomic E-state index is 0.307. The fourth-order valence-corrected chi connectivity index (χ4v) is 6.11. The van der Waals surface area contributed by atoms with Gasteiger partial charge in [0.05, 0.1) is 5.52 Å². The Hall–Kier alpha value is -1.70. The molecule has 7 heteroatoms. The van der Waals surface area contributed by atoms with E-state index in [1.54, 1.807) is 0 Å². The lowest BCUT2D eigenvalue weighted by molar-refractivity contribution is -0.132. The van der Waals surface area contributed by atoms with Gasteiger partial charge in [-0.25, -0.2) is 4.68 Å². The lowest BCUT2D eigenvalue weighted by atomic mass is 9.99. The lowest BCUT2D eigenvalue weighted by Gasteiger charge is -2.40. The minimum atomic E-state index is -1.07. The maximum Gasteiger partial charge on any atom is 0.222 e. The van der Waals surface area contributed by atoms with Gasteiger partial charge in [0.25, 0.3) is 0 Å². The molecule has 0 saturated carbocycles. The molecular weight excluding hydrogens is 440 g/mol. The number of rotatable bonds is 9. The quantitative estimate of drug-likeness (QED) is 0.368. The number of aryl methyl sites for hydroxylation is 2. The molecule has 0 unspecified atom stereocenters. The van der Waals surface area contributed by atoms with Crippen LogP contribution in [0.4, 0.5) is 0 Å². The van der Waals surface area contributed by atoms with E-state index in [1.165, 1.54) is 49.5 Å². The summed E-state index contributed by atoms with van der Waals surface area (Å²) in [6.07, 6.45) is 9.79. The van der Waals surface area contributed by atoms with Crippen LogP contribution in [0.2, 0.25) is 25.7 Å². The molecule has 2 aliphatic rings. The van der Waals surface area contributed by atoms with E-state index in [4.69, 9.17) is 9.84 Å². The first-order valence-electron chi connectivity index (χ1n) is 13.3. The fraction of sp³-hybridized carbons (Fsp3) is 0.704. The van der Waals surface area contributed by atoms with Gasteiger partial charge in [0.2, 0.25) is 5.91 Å². The molecule has 0 spiro atoms. The Morgan fingerprint density at radius 1 is 1.09 bits per heavy atom. The van der Waals surface area contributed by atoms with Gasteiger partial charge in [-0.05, 0) is 75.4 Å². The molecule has 6 nitrogen and oxygen atoms in total. The van der Waals surface area contributed by atoms with Crippen molar-refractivity contribution in [3.63, 3.8) is 0 Å². The van der Waals surface area contributed by atoms with Gasteiger partial charge in [-0.1, -0.05) is 32.1 Å². The molecular formula is C27H44N4O2Si. The van der Waals surface area contributed by atoms with Gasteiger partial charge in [0.15, 0.2) is 0 Å². The van der Waals surface area contributed by atoms with Crippen LogP contribution < -0.4 is 0 Å². The Labute approximate surface area is 206 Å². The normalized spacial score (nSPS) is 18.6. The molecule has 1 aromatic heterocycles. The third-order valence-corrected chi connectivity index (χ3v) is 9.18. The summed E-state index contributed by atoms with van der Waals surface area (Å²) in [7, 11) is -1.07. The molecule has 188 valence electrons. The first-order valence-corrected chi connectivity index (χ1v) is 17.1.